The van der Waals surface area contributed by atoms with E-state index >= 15 is 0 Å². The van der Waals surface area contributed by atoms with Gasteiger partial charge in [0.2, 0.25) is 0 Å². The first-order valence-corrected chi connectivity index (χ1v) is 9.49. The van der Waals surface area contributed by atoms with Gasteiger partial charge >= 0.3 is 0 Å². The van der Waals surface area contributed by atoms with Gasteiger partial charge in [-0.3, -0.25) is 4.57 Å². The summed E-state index contributed by atoms with van der Waals surface area (Å²) in [6.45, 7) is 3.14. The van der Waals surface area contributed by atoms with Gasteiger partial charge in [-0.25, -0.2) is 19.3 Å². The average molecular weight is 389 g/mol. The topological polar surface area (TPSA) is 76.1 Å². The van der Waals surface area contributed by atoms with Crippen LogP contribution < -0.4 is 15.5 Å². The highest BCUT2D eigenvalue weighted by Gasteiger charge is 2.22. The fourth-order valence-electron chi connectivity index (χ4n) is 3.78. The van der Waals surface area contributed by atoms with Crippen molar-refractivity contribution < 1.29 is 4.39 Å². The Morgan fingerprint density at radius 2 is 1.48 bits per heavy atom. The number of benzene rings is 2. The summed E-state index contributed by atoms with van der Waals surface area (Å²) in [5.41, 5.74) is 9.88. The zero-order chi connectivity index (χ0) is 19.8. The zero-order valence-corrected chi connectivity index (χ0v) is 15.7. The van der Waals surface area contributed by atoms with Crippen molar-refractivity contribution in [3.8, 4) is 5.82 Å². The van der Waals surface area contributed by atoms with Gasteiger partial charge in [-0.1, -0.05) is 12.1 Å². The van der Waals surface area contributed by atoms with Gasteiger partial charge in [-0.2, -0.15) is 0 Å². The van der Waals surface area contributed by atoms with E-state index in [-0.39, 0.29) is 5.82 Å². The fraction of sp³-hybridized carbons (Fsp3) is 0.190. The van der Waals surface area contributed by atoms with E-state index in [2.05, 4.69) is 24.8 Å². The molecule has 1 aliphatic rings. The first-order chi connectivity index (χ1) is 14.2. The molecule has 4 aromatic rings. The highest BCUT2D eigenvalue weighted by Crippen LogP contribution is 2.29. The maximum Gasteiger partial charge on any atom is 0.167 e. The maximum atomic E-state index is 13.2. The molecule has 0 radical (unpaired) electrons. The monoisotopic (exact) mass is 389 g/mol. The summed E-state index contributed by atoms with van der Waals surface area (Å²) in [6, 6.07) is 14.5. The molecule has 2 aromatic carbocycles. The number of nitrogens with zero attached hydrogens (tertiary/aromatic N) is 6. The minimum absolute atomic E-state index is 0.222. The molecule has 0 amide bonds. The van der Waals surface area contributed by atoms with Crippen LogP contribution >= 0.6 is 0 Å². The third kappa shape index (κ3) is 3.12. The van der Waals surface area contributed by atoms with Crippen LogP contribution in [-0.4, -0.2) is 45.7 Å². The summed E-state index contributed by atoms with van der Waals surface area (Å²) in [4.78, 5) is 17.7. The second-order valence-electron chi connectivity index (χ2n) is 6.99. The van der Waals surface area contributed by atoms with Crippen molar-refractivity contribution in [2.45, 2.75) is 0 Å². The van der Waals surface area contributed by atoms with Crippen LogP contribution in [-0.2, 0) is 0 Å². The van der Waals surface area contributed by atoms with Crippen molar-refractivity contribution in [1.29, 1.82) is 0 Å². The number of aromatic nitrogens is 4. The molecule has 2 N–H and O–H groups in total. The number of hydrogen-bond acceptors (Lipinski definition) is 6. The Kier molecular flexibility index (Phi) is 4.23. The molecular formula is C21H20FN7. The number of para-hydroxylation sites is 2. The number of fused-ring (bicyclic) bond motifs is 1. The Hall–Kier alpha value is -3.68. The normalized spacial score (nSPS) is 14.5. The van der Waals surface area contributed by atoms with Gasteiger partial charge in [0.15, 0.2) is 11.6 Å². The predicted molar refractivity (Wildman–Crippen MR) is 112 cm³/mol. The van der Waals surface area contributed by atoms with Crippen molar-refractivity contribution in [3.05, 3.63) is 67.0 Å². The third-order valence-corrected chi connectivity index (χ3v) is 5.29. The van der Waals surface area contributed by atoms with Gasteiger partial charge in [0.05, 0.1) is 11.0 Å². The molecule has 0 saturated carbocycles. The Labute approximate surface area is 167 Å². The van der Waals surface area contributed by atoms with Crippen molar-refractivity contribution in [2.75, 3.05) is 41.7 Å². The van der Waals surface area contributed by atoms with Crippen LogP contribution in [0.3, 0.4) is 0 Å². The Bertz CT molecular complexity index is 1150. The largest absolute Gasteiger partial charge is 0.393 e. The number of rotatable bonds is 3. The van der Waals surface area contributed by atoms with E-state index < -0.39 is 0 Å². The molecule has 0 atom stereocenters. The van der Waals surface area contributed by atoms with Gasteiger partial charge < -0.3 is 15.5 Å². The lowest BCUT2D eigenvalue weighted by molar-refractivity contribution is 0.624. The lowest BCUT2D eigenvalue weighted by atomic mass is 10.2. The van der Waals surface area contributed by atoms with Crippen molar-refractivity contribution >= 4 is 28.2 Å². The van der Waals surface area contributed by atoms with Crippen LogP contribution in [0.2, 0.25) is 0 Å². The van der Waals surface area contributed by atoms with Crippen molar-refractivity contribution in [1.82, 2.24) is 19.5 Å². The van der Waals surface area contributed by atoms with E-state index in [1.807, 2.05) is 41.0 Å². The summed E-state index contributed by atoms with van der Waals surface area (Å²) in [6.07, 6.45) is 3.28. The van der Waals surface area contributed by atoms with Gasteiger partial charge in [0.1, 0.15) is 24.2 Å². The predicted octanol–water partition coefficient (Wildman–Crippen LogP) is 2.86. The number of nitrogens with two attached hydrogens (primary N) is 1. The molecular weight excluding hydrogens is 369 g/mol. The Balaban J connectivity index is 1.40. The van der Waals surface area contributed by atoms with Crippen LogP contribution in [0.15, 0.2) is 61.2 Å². The van der Waals surface area contributed by atoms with Crippen LogP contribution in [0.25, 0.3) is 16.9 Å². The van der Waals surface area contributed by atoms with Gasteiger partial charge in [-0.05, 0) is 36.4 Å². The molecule has 2 aromatic heterocycles. The van der Waals surface area contributed by atoms with E-state index in [0.717, 1.165) is 48.7 Å². The number of anilines is 3. The number of hydrogen-bond donors (Lipinski definition) is 1. The molecule has 1 fully saturated rings. The van der Waals surface area contributed by atoms with E-state index in [4.69, 9.17) is 5.73 Å². The van der Waals surface area contributed by atoms with Crippen LogP contribution in [0.4, 0.5) is 21.6 Å². The van der Waals surface area contributed by atoms with Gasteiger partial charge in [0.25, 0.3) is 0 Å². The quantitative estimate of drug-likeness (QED) is 0.581. The fourth-order valence-corrected chi connectivity index (χ4v) is 3.78. The lowest BCUT2D eigenvalue weighted by Gasteiger charge is -2.37. The average Bonchev–Trinajstić information content (AvgIpc) is 3.19. The van der Waals surface area contributed by atoms with Crippen LogP contribution in [0, 0.1) is 5.82 Å². The SMILES string of the molecule is Nc1c(N2CCN(c3ccc(F)cc3)CC2)ncnc1-n1cnc2ccccc21. The summed E-state index contributed by atoms with van der Waals surface area (Å²) >= 11 is 0. The smallest absolute Gasteiger partial charge is 0.167 e. The van der Waals surface area contributed by atoms with Crippen molar-refractivity contribution in [3.63, 3.8) is 0 Å². The molecule has 0 spiro atoms. The van der Waals surface area contributed by atoms with Gasteiger partial charge in [-0.15, -0.1) is 0 Å². The van der Waals surface area contributed by atoms with Crippen molar-refractivity contribution in [2.24, 2.45) is 0 Å². The molecule has 29 heavy (non-hydrogen) atoms. The van der Waals surface area contributed by atoms with Crippen LogP contribution in [0.5, 0.6) is 0 Å². The molecule has 8 heteroatoms. The van der Waals surface area contributed by atoms with E-state index in [9.17, 15) is 4.39 Å². The van der Waals surface area contributed by atoms with E-state index in [1.165, 1.54) is 12.1 Å². The highest BCUT2D eigenvalue weighted by molar-refractivity contribution is 5.80. The summed E-state index contributed by atoms with van der Waals surface area (Å²) < 4.78 is 15.1. The maximum absolute atomic E-state index is 13.2. The Morgan fingerprint density at radius 3 is 2.28 bits per heavy atom. The second kappa shape index (κ2) is 7.05. The van der Waals surface area contributed by atoms with E-state index in [0.29, 0.717) is 11.5 Å². The molecule has 0 aliphatic carbocycles. The van der Waals surface area contributed by atoms with E-state index in [1.54, 1.807) is 12.7 Å². The summed E-state index contributed by atoms with van der Waals surface area (Å²) in [7, 11) is 0. The van der Waals surface area contributed by atoms with Crippen LogP contribution in [0.1, 0.15) is 0 Å². The molecule has 3 heterocycles. The molecule has 5 rings (SSSR count). The zero-order valence-electron chi connectivity index (χ0n) is 15.7. The van der Waals surface area contributed by atoms with Gasteiger partial charge in [0, 0.05) is 31.9 Å². The second-order valence-corrected chi connectivity index (χ2v) is 6.99. The molecule has 146 valence electrons. The minimum atomic E-state index is -0.222. The molecule has 1 aliphatic heterocycles. The first-order valence-electron chi connectivity index (χ1n) is 9.49. The summed E-state index contributed by atoms with van der Waals surface area (Å²) in [5.74, 6) is 1.14. The number of piperazine rings is 1. The molecule has 1 saturated heterocycles. The number of imidazole rings is 1. The minimum Gasteiger partial charge on any atom is -0.393 e. The Morgan fingerprint density at radius 1 is 0.793 bits per heavy atom. The lowest BCUT2D eigenvalue weighted by Crippen LogP contribution is -2.47. The molecule has 0 bridgehead atoms. The molecule has 7 nitrogen and oxygen atoms in total. The standard InChI is InChI=1S/C21H20FN7/c22-15-5-7-16(8-6-15)27-9-11-28(12-10-27)20-19(23)21(25-13-24-20)29-14-26-17-3-1-2-4-18(17)29/h1-8,13-14H,9-12,23H2. The summed E-state index contributed by atoms with van der Waals surface area (Å²) in [5, 5.41) is 0. The third-order valence-electron chi connectivity index (χ3n) is 5.29. The number of nitrogen functional groups attached to an aromatic ring is 1. The molecule has 0 unspecified atom stereocenters. The first kappa shape index (κ1) is 17.4. The highest BCUT2D eigenvalue weighted by atomic mass is 19.1. The number of halogens is 1.